The average Bonchev–Trinajstić information content (AvgIpc) is 2.44. The lowest BCUT2D eigenvalue weighted by molar-refractivity contribution is -0.192. The third-order valence-electron chi connectivity index (χ3n) is 6.30. The highest BCUT2D eigenvalue weighted by Crippen LogP contribution is 2.58. The van der Waals surface area contributed by atoms with E-state index < -0.39 is 0 Å². The van der Waals surface area contributed by atoms with E-state index in [4.69, 9.17) is 17.4 Å². The largest absolute Gasteiger partial charge is 0.373 e. The van der Waals surface area contributed by atoms with Crippen LogP contribution in [0.1, 0.15) is 80.1 Å². The molecular weight excluding hydrogens is 252 g/mol. The summed E-state index contributed by atoms with van der Waals surface area (Å²) in [6, 6.07) is 0. The maximum atomic E-state index is 6.52. The smallest absolute Gasteiger partial charge is 0.0710 e. The molecule has 1 fully saturated rings. The van der Waals surface area contributed by atoms with Crippen molar-refractivity contribution in [3.8, 4) is 0 Å². The van der Waals surface area contributed by atoms with Gasteiger partial charge in [0.25, 0.3) is 0 Å². The monoisotopic (exact) mass is 286 g/mol. The van der Waals surface area contributed by atoms with Crippen molar-refractivity contribution < 1.29 is 4.74 Å². The molecule has 0 N–H and O–H groups in total. The van der Waals surface area contributed by atoms with Crippen molar-refractivity contribution >= 4 is 12.6 Å². The third kappa shape index (κ3) is 3.00. The van der Waals surface area contributed by atoms with Crippen molar-refractivity contribution in [3.63, 3.8) is 0 Å². The van der Waals surface area contributed by atoms with Crippen LogP contribution in [-0.4, -0.2) is 17.0 Å². The summed E-state index contributed by atoms with van der Waals surface area (Å²) in [5.74, 6) is 0.792. The van der Waals surface area contributed by atoms with Gasteiger partial charge in [-0.2, -0.15) is 12.6 Å². The van der Waals surface area contributed by atoms with Crippen molar-refractivity contribution in [2.45, 2.75) is 90.4 Å². The van der Waals surface area contributed by atoms with E-state index in [1.807, 2.05) is 0 Å². The molecule has 1 rings (SSSR count). The van der Waals surface area contributed by atoms with Crippen molar-refractivity contribution in [3.05, 3.63) is 0 Å². The first-order chi connectivity index (χ1) is 8.83. The minimum absolute atomic E-state index is 0.0116. The molecule has 114 valence electrons. The first kappa shape index (κ1) is 17.4. The van der Waals surface area contributed by atoms with Crippen LogP contribution < -0.4 is 0 Å². The molecule has 3 unspecified atom stereocenters. The van der Waals surface area contributed by atoms with E-state index >= 15 is 0 Å². The van der Waals surface area contributed by atoms with Gasteiger partial charge in [-0.15, -0.1) is 0 Å². The van der Waals surface area contributed by atoms with Crippen molar-refractivity contribution in [1.82, 2.24) is 0 Å². The number of rotatable bonds is 8. The number of thiol groups is 1. The van der Waals surface area contributed by atoms with Gasteiger partial charge in [0.1, 0.15) is 0 Å². The van der Waals surface area contributed by atoms with Gasteiger partial charge in [0.2, 0.25) is 0 Å². The SMILES string of the molecule is CCC(S)(CC)COC(C)(CC)C1(CC)CCC1C. The highest BCUT2D eigenvalue weighted by Gasteiger charge is 2.55. The Hall–Kier alpha value is 0.310. The van der Waals surface area contributed by atoms with Crippen molar-refractivity contribution in [1.29, 1.82) is 0 Å². The predicted octanol–water partition coefficient (Wildman–Crippen LogP) is 5.49. The lowest BCUT2D eigenvalue weighted by Gasteiger charge is -2.59. The Morgan fingerprint density at radius 1 is 1.16 bits per heavy atom. The van der Waals surface area contributed by atoms with E-state index in [0.29, 0.717) is 5.41 Å². The summed E-state index contributed by atoms with van der Waals surface area (Å²) in [6.07, 6.45) is 7.16. The molecule has 0 aromatic rings. The Morgan fingerprint density at radius 2 is 1.74 bits per heavy atom. The summed E-state index contributed by atoms with van der Waals surface area (Å²) in [7, 11) is 0. The predicted molar refractivity (Wildman–Crippen MR) is 88.1 cm³/mol. The summed E-state index contributed by atoms with van der Waals surface area (Å²) in [6.45, 7) is 14.6. The fourth-order valence-corrected chi connectivity index (χ4v) is 3.88. The second-order valence-electron chi connectivity index (χ2n) is 6.75. The summed E-state index contributed by atoms with van der Waals surface area (Å²) in [5, 5.41) is 0. The Bertz CT molecular complexity index is 283. The van der Waals surface area contributed by atoms with Crippen LogP contribution in [0.25, 0.3) is 0 Å². The maximum Gasteiger partial charge on any atom is 0.0710 e. The van der Waals surface area contributed by atoms with Gasteiger partial charge in [0, 0.05) is 10.2 Å². The Kier molecular flexibility index (Phi) is 5.84. The van der Waals surface area contributed by atoms with Gasteiger partial charge in [-0.3, -0.25) is 0 Å². The van der Waals surface area contributed by atoms with Crippen LogP contribution in [0.5, 0.6) is 0 Å². The Balaban J connectivity index is 2.81. The Morgan fingerprint density at radius 3 is 2.00 bits per heavy atom. The summed E-state index contributed by atoms with van der Waals surface area (Å²) < 4.78 is 6.56. The zero-order valence-corrected chi connectivity index (χ0v) is 14.8. The van der Waals surface area contributed by atoms with Gasteiger partial charge >= 0.3 is 0 Å². The van der Waals surface area contributed by atoms with E-state index in [9.17, 15) is 0 Å². The molecule has 0 aromatic carbocycles. The molecule has 0 heterocycles. The fraction of sp³-hybridized carbons (Fsp3) is 1.00. The molecular formula is C17H34OS. The van der Waals surface area contributed by atoms with Crippen LogP contribution in [0, 0.1) is 11.3 Å². The van der Waals surface area contributed by atoms with Crippen LogP contribution >= 0.6 is 12.6 Å². The molecule has 1 nitrogen and oxygen atoms in total. The summed E-state index contributed by atoms with van der Waals surface area (Å²) in [4.78, 5) is 0. The highest BCUT2D eigenvalue weighted by molar-refractivity contribution is 7.81. The van der Waals surface area contributed by atoms with E-state index in [1.165, 1.54) is 19.3 Å². The molecule has 19 heavy (non-hydrogen) atoms. The maximum absolute atomic E-state index is 6.52. The fourth-order valence-electron chi connectivity index (χ4n) is 3.81. The molecule has 0 saturated heterocycles. The van der Waals surface area contributed by atoms with Crippen LogP contribution in [0.4, 0.5) is 0 Å². The average molecular weight is 287 g/mol. The molecule has 0 amide bonds. The second-order valence-corrected chi connectivity index (χ2v) is 7.70. The van der Waals surface area contributed by atoms with Gasteiger partial charge in [0.05, 0.1) is 12.2 Å². The van der Waals surface area contributed by atoms with Crippen LogP contribution in [0.3, 0.4) is 0 Å². The number of ether oxygens (including phenoxy) is 1. The Labute approximate surface area is 126 Å². The minimum Gasteiger partial charge on any atom is -0.373 e. The number of hydrogen-bond acceptors (Lipinski definition) is 2. The zero-order chi connectivity index (χ0) is 14.7. The number of hydrogen-bond donors (Lipinski definition) is 1. The van der Waals surface area contributed by atoms with Gasteiger partial charge in [-0.25, -0.2) is 0 Å². The summed E-state index contributed by atoms with van der Waals surface area (Å²) in [5.41, 5.74) is 0.398. The topological polar surface area (TPSA) is 9.23 Å². The minimum atomic E-state index is 0.0116. The van der Waals surface area contributed by atoms with Crippen molar-refractivity contribution in [2.75, 3.05) is 6.61 Å². The first-order valence-electron chi connectivity index (χ1n) is 8.19. The standard InChI is InChI=1S/C17H34OS/c1-7-15(6,17(10-4)12-11-14(17)5)18-13-16(19,8-2)9-3/h14,19H,7-13H2,1-6H3. The normalized spacial score (nSPS) is 30.8. The van der Waals surface area contributed by atoms with E-state index in [2.05, 4.69) is 41.5 Å². The lowest BCUT2D eigenvalue weighted by atomic mass is 9.51. The molecule has 0 spiro atoms. The molecule has 0 aromatic heterocycles. The van der Waals surface area contributed by atoms with E-state index in [0.717, 1.165) is 31.8 Å². The van der Waals surface area contributed by atoms with Crippen molar-refractivity contribution in [2.24, 2.45) is 11.3 Å². The zero-order valence-electron chi connectivity index (χ0n) is 13.9. The molecule has 0 aliphatic heterocycles. The highest BCUT2D eigenvalue weighted by atomic mass is 32.1. The lowest BCUT2D eigenvalue weighted by Crippen LogP contribution is -2.57. The molecule has 3 atom stereocenters. The van der Waals surface area contributed by atoms with Gasteiger partial charge in [-0.1, -0.05) is 34.6 Å². The second kappa shape index (κ2) is 6.39. The van der Waals surface area contributed by atoms with E-state index in [1.54, 1.807) is 0 Å². The van der Waals surface area contributed by atoms with Gasteiger partial charge in [-0.05, 0) is 51.4 Å². The quantitative estimate of drug-likeness (QED) is 0.581. The van der Waals surface area contributed by atoms with Crippen LogP contribution in [-0.2, 0) is 4.74 Å². The molecule has 0 radical (unpaired) electrons. The third-order valence-corrected chi connectivity index (χ3v) is 7.06. The summed E-state index contributed by atoms with van der Waals surface area (Å²) >= 11 is 4.84. The first-order valence-corrected chi connectivity index (χ1v) is 8.64. The van der Waals surface area contributed by atoms with E-state index in [-0.39, 0.29) is 10.3 Å². The molecule has 1 aliphatic rings. The van der Waals surface area contributed by atoms with Crippen LogP contribution in [0.2, 0.25) is 0 Å². The molecule has 0 bridgehead atoms. The van der Waals surface area contributed by atoms with Crippen LogP contribution in [0.15, 0.2) is 0 Å². The molecule has 1 saturated carbocycles. The van der Waals surface area contributed by atoms with Gasteiger partial charge < -0.3 is 4.74 Å². The molecule has 1 aliphatic carbocycles. The molecule has 2 heteroatoms. The van der Waals surface area contributed by atoms with Gasteiger partial charge in [0.15, 0.2) is 0 Å².